The largest absolute Gasteiger partial charge is 0.457 e. The summed E-state index contributed by atoms with van der Waals surface area (Å²) >= 11 is 0. The summed E-state index contributed by atoms with van der Waals surface area (Å²) in [5, 5.41) is 4.38. The van der Waals surface area contributed by atoms with Gasteiger partial charge in [-0.25, -0.2) is 4.98 Å². The molecule has 0 fully saturated rings. The minimum absolute atomic E-state index is 0.589. The van der Waals surface area contributed by atoms with Gasteiger partial charge in [-0.05, 0) is 109 Å². The Bertz CT molecular complexity index is 2960. The first kappa shape index (κ1) is 29.1. The van der Waals surface area contributed by atoms with Crippen LogP contribution in [0.3, 0.4) is 0 Å². The Morgan fingerprint density at radius 1 is 0.569 bits per heavy atom. The Labute approximate surface area is 293 Å². The Balaban J connectivity index is 1.14. The lowest BCUT2D eigenvalue weighted by Gasteiger charge is -2.12. The number of hydrogen-bond acceptors (Lipinski definition) is 4. The summed E-state index contributed by atoms with van der Waals surface area (Å²) in [7, 11) is 0. The Hall–Kier alpha value is -6.85. The highest BCUT2D eigenvalue weighted by atomic mass is 16.5. The number of aromatic nitrogens is 2. The van der Waals surface area contributed by atoms with Crippen molar-refractivity contribution in [1.29, 1.82) is 0 Å². The third kappa shape index (κ3) is 4.82. The van der Waals surface area contributed by atoms with Gasteiger partial charge in [0.15, 0.2) is 5.58 Å². The molecule has 0 radical (unpaired) electrons. The van der Waals surface area contributed by atoms with Crippen LogP contribution in [-0.4, -0.2) is 9.55 Å². The number of rotatable bonds is 6. The smallest absolute Gasteiger partial charge is 0.227 e. The van der Waals surface area contributed by atoms with E-state index in [4.69, 9.17) is 18.6 Å². The molecule has 5 heteroatoms. The van der Waals surface area contributed by atoms with E-state index < -0.39 is 0 Å². The first-order valence-corrected chi connectivity index (χ1v) is 17.0. The van der Waals surface area contributed by atoms with E-state index in [0.717, 1.165) is 94.1 Å². The fourth-order valence-electron chi connectivity index (χ4n) is 7.20. The molecule has 0 unspecified atom stereocenters. The van der Waals surface area contributed by atoms with Crippen LogP contribution in [0.5, 0.6) is 5.75 Å². The molecule has 0 spiro atoms. The molecule has 10 aromatic rings. The molecule has 0 aliphatic carbocycles. The van der Waals surface area contributed by atoms with E-state index in [2.05, 4.69) is 102 Å². The molecule has 51 heavy (non-hydrogen) atoms. The number of para-hydroxylation sites is 4. The SMILES string of the molecule is C=C(Oc1ccccc1C)c1ccc2c(c1)c1cc(-c3nc4ccccc4o3)ccc1n2-c1cccc(-c2ccc3oc4ccccc4c3c2)c1. The van der Waals surface area contributed by atoms with E-state index in [1.807, 2.05) is 67.6 Å². The van der Waals surface area contributed by atoms with Crippen LogP contribution in [0.15, 0.2) is 167 Å². The number of benzene rings is 7. The highest BCUT2D eigenvalue weighted by Gasteiger charge is 2.18. The van der Waals surface area contributed by atoms with Crippen molar-refractivity contribution in [3.8, 4) is 34.0 Å². The van der Waals surface area contributed by atoms with Gasteiger partial charge >= 0.3 is 0 Å². The van der Waals surface area contributed by atoms with Crippen molar-refractivity contribution in [1.82, 2.24) is 9.55 Å². The Morgan fingerprint density at radius 2 is 1.27 bits per heavy atom. The van der Waals surface area contributed by atoms with Crippen LogP contribution in [0, 0.1) is 6.92 Å². The highest BCUT2D eigenvalue weighted by molar-refractivity contribution is 6.11. The van der Waals surface area contributed by atoms with Crippen molar-refractivity contribution in [3.05, 3.63) is 169 Å². The van der Waals surface area contributed by atoms with Gasteiger partial charge < -0.3 is 18.1 Å². The maximum atomic E-state index is 6.29. The van der Waals surface area contributed by atoms with Crippen LogP contribution in [0.2, 0.25) is 0 Å². The highest BCUT2D eigenvalue weighted by Crippen LogP contribution is 2.39. The van der Waals surface area contributed by atoms with Gasteiger partial charge in [-0.3, -0.25) is 0 Å². The standard InChI is InChI=1S/C46H30N2O3/c1-28-10-3-6-15-42(28)49-29(2)30-18-21-40-36(25-30)37-27-33(46-47-39-14-5-8-17-45(39)51-46)19-22-41(37)48(40)34-12-9-11-31(24-34)32-20-23-44-38(26-32)35-13-4-7-16-43(35)50-44/h3-27H,2H2,1H3. The molecule has 3 heterocycles. The number of furan rings is 1. The van der Waals surface area contributed by atoms with Crippen LogP contribution in [-0.2, 0) is 0 Å². The molecule has 5 nitrogen and oxygen atoms in total. The van der Waals surface area contributed by atoms with Crippen molar-refractivity contribution in [2.75, 3.05) is 0 Å². The quantitative estimate of drug-likeness (QED) is 0.167. The minimum Gasteiger partial charge on any atom is -0.457 e. The normalized spacial score (nSPS) is 11.7. The Morgan fingerprint density at radius 3 is 2.16 bits per heavy atom. The maximum absolute atomic E-state index is 6.29. The fraction of sp³-hybridized carbons (Fsp3) is 0.0217. The van der Waals surface area contributed by atoms with Crippen molar-refractivity contribution in [2.24, 2.45) is 0 Å². The van der Waals surface area contributed by atoms with E-state index in [1.165, 1.54) is 0 Å². The molecule has 0 amide bonds. The summed E-state index contributed by atoms with van der Waals surface area (Å²) in [6.45, 7) is 6.36. The minimum atomic E-state index is 0.589. The predicted octanol–water partition coefficient (Wildman–Crippen LogP) is 12.5. The summed E-state index contributed by atoms with van der Waals surface area (Å²) in [4.78, 5) is 4.80. The van der Waals surface area contributed by atoms with E-state index in [9.17, 15) is 0 Å². The maximum Gasteiger partial charge on any atom is 0.227 e. The van der Waals surface area contributed by atoms with Crippen LogP contribution < -0.4 is 4.74 Å². The zero-order valence-electron chi connectivity index (χ0n) is 27.8. The molecular formula is C46H30N2O3. The van der Waals surface area contributed by atoms with E-state index in [1.54, 1.807) is 0 Å². The van der Waals surface area contributed by atoms with E-state index in [-0.39, 0.29) is 0 Å². The lowest BCUT2D eigenvalue weighted by molar-refractivity contribution is 0.512. The average molecular weight is 659 g/mol. The second-order valence-electron chi connectivity index (χ2n) is 12.9. The number of ether oxygens (including phenoxy) is 1. The van der Waals surface area contributed by atoms with Crippen molar-refractivity contribution < 1.29 is 13.6 Å². The van der Waals surface area contributed by atoms with Crippen LogP contribution >= 0.6 is 0 Å². The molecule has 0 N–H and O–H groups in total. The second kappa shape index (κ2) is 11.4. The van der Waals surface area contributed by atoms with Gasteiger partial charge in [-0.1, -0.05) is 73.3 Å². The van der Waals surface area contributed by atoms with Gasteiger partial charge in [0.05, 0.1) is 11.0 Å². The molecule has 0 aliphatic heterocycles. The molecule has 242 valence electrons. The molecule has 0 bridgehead atoms. The summed E-state index contributed by atoms with van der Waals surface area (Å²) in [6.07, 6.45) is 0. The van der Waals surface area contributed by atoms with Crippen molar-refractivity contribution in [2.45, 2.75) is 6.92 Å². The molecule has 0 aliphatic rings. The van der Waals surface area contributed by atoms with Gasteiger partial charge in [0.25, 0.3) is 0 Å². The van der Waals surface area contributed by atoms with Gasteiger partial charge in [-0.2, -0.15) is 0 Å². The lowest BCUT2D eigenvalue weighted by atomic mass is 10.0. The summed E-state index contributed by atoms with van der Waals surface area (Å²) in [5.74, 6) is 1.97. The van der Waals surface area contributed by atoms with Gasteiger partial charge in [-0.15, -0.1) is 0 Å². The van der Waals surface area contributed by atoms with Crippen LogP contribution in [0.25, 0.3) is 88.9 Å². The summed E-state index contributed by atoms with van der Waals surface area (Å²) in [6, 6.07) is 52.0. The third-order valence-electron chi connectivity index (χ3n) is 9.77. The first-order valence-electron chi connectivity index (χ1n) is 17.0. The number of aryl methyl sites for hydroxylation is 1. The fourth-order valence-corrected chi connectivity index (χ4v) is 7.20. The third-order valence-corrected chi connectivity index (χ3v) is 9.77. The lowest BCUT2D eigenvalue weighted by Crippen LogP contribution is -1.96. The monoisotopic (exact) mass is 658 g/mol. The van der Waals surface area contributed by atoms with Gasteiger partial charge in [0.2, 0.25) is 5.89 Å². The van der Waals surface area contributed by atoms with Gasteiger partial charge in [0.1, 0.15) is 28.2 Å². The van der Waals surface area contributed by atoms with Crippen LogP contribution in [0.1, 0.15) is 11.1 Å². The number of fused-ring (bicyclic) bond motifs is 7. The average Bonchev–Trinajstić information content (AvgIpc) is 3.87. The molecule has 10 rings (SSSR count). The summed E-state index contributed by atoms with van der Waals surface area (Å²) < 4.78 is 20.9. The van der Waals surface area contributed by atoms with Crippen LogP contribution in [0.4, 0.5) is 0 Å². The molecule has 0 saturated carbocycles. The van der Waals surface area contributed by atoms with E-state index >= 15 is 0 Å². The van der Waals surface area contributed by atoms with Crippen molar-refractivity contribution >= 4 is 60.6 Å². The summed E-state index contributed by atoms with van der Waals surface area (Å²) in [5.41, 5.74) is 11.7. The molecular weight excluding hydrogens is 629 g/mol. The van der Waals surface area contributed by atoms with E-state index in [0.29, 0.717) is 11.6 Å². The molecule has 0 saturated heterocycles. The number of hydrogen-bond donors (Lipinski definition) is 0. The topological polar surface area (TPSA) is 53.3 Å². The number of oxazole rings is 1. The number of nitrogens with zero attached hydrogens (tertiary/aromatic N) is 2. The zero-order chi connectivity index (χ0) is 34.1. The Kier molecular flexibility index (Phi) is 6.48. The molecule has 3 aromatic heterocycles. The van der Waals surface area contributed by atoms with Crippen molar-refractivity contribution in [3.63, 3.8) is 0 Å². The zero-order valence-corrected chi connectivity index (χ0v) is 27.8. The first-order chi connectivity index (χ1) is 25.1. The molecule has 7 aromatic carbocycles. The second-order valence-corrected chi connectivity index (χ2v) is 12.9. The van der Waals surface area contributed by atoms with Gasteiger partial charge in [0, 0.05) is 38.4 Å². The predicted molar refractivity (Wildman–Crippen MR) is 207 cm³/mol. The molecule has 0 atom stereocenters.